The molecule has 0 amide bonds. The van der Waals surface area contributed by atoms with Crippen LogP contribution >= 0.6 is 0 Å². The fourth-order valence-electron chi connectivity index (χ4n) is 3.43. The highest BCUT2D eigenvalue weighted by molar-refractivity contribution is 5.82. The average Bonchev–Trinajstić information content (AvgIpc) is 2.89. The van der Waals surface area contributed by atoms with Crippen molar-refractivity contribution in [2.24, 2.45) is 16.8 Å². The van der Waals surface area contributed by atoms with Crippen LogP contribution in [0.25, 0.3) is 0 Å². The van der Waals surface area contributed by atoms with Gasteiger partial charge in [-0.3, -0.25) is 9.79 Å². The van der Waals surface area contributed by atoms with Crippen molar-refractivity contribution in [3.8, 4) is 11.5 Å². The van der Waals surface area contributed by atoms with E-state index in [4.69, 9.17) is 14.2 Å². The van der Waals surface area contributed by atoms with Gasteiger partial charge in [0.05, 0.1) is 26.2 Å². The average molecular weight is 361 g/mol. The molecule has 1 fully saturated rings. The zero-order chi connectivity index (χ0) is 18.5. The van der Waals surface area contributed by atoms with Crippen molar-refractivity contribution in [2.75, 3.05) is 40.5 Å². The highest BCUT2D eigenvalue weighted by atomic mass is 16.5. The topological polar surface area (TPSA) is 72.4 Å². The Morgan fingerprint density at radius 1 is 1.31 bits per heavy atom. The van der Waals surface area contributed by atoms with Gasteiger partial charge in [0.25, 0.3) is 0 Å². The molecule has 7 heteroatoms. The number of nitrogens with one attached hydrogen (secondary N) is 1. The van der Waals surface area contributed by atoms with Crippen molar-refractivity contribution in [1.29, 1.82) is 0 Å². The van der Waals surface area contributed by atoms with Crippen LogP contribution in [0, 0.1) is 11.8 Å². The summed E-state index contributed by atoms with van der Waals surface area (Å²) in [5.74, 6) is 2.34. The Hall–Kier alpha value is -2.44. The summed E-state index contributed by atoms with van der Waals surface area (Å²) in [4.78, 5) is 18.4. The van der Waals surface area contributed by atoms with E-state index in [0.29, 0.717) is 26.3 Å². The fraction of sp³-hybridized carbons (Fsp3) is 0.579. The molecule has 2 aliphatic heterocycles. The number of carbonyl (C=O) groups is 1. The summed E-state index contributed by atoms with van der Waals surface area (Å²) in [7, 11) is 3.20. The highest BCUT2D eigenvalue weighted by Crippen LogP contribution is 2.30. The number of methoxy groups -OCH3 is 1. The first-order valence-corrected chi connectivity index (χ1v) is 9.04. The Labute approximate surface area is 154 Å². The molecule has 0 aromatic heterocycles. The number of fused-ring (bicyclic) bond motifs is 1. The smallest absolute Gasteiger partial charge is 0.310 e. The Bertz CT molecular complexity index is 677. The molecule has 1 aromatic carbocycles. The van der Waals surface area contributed by atoms with Gasteiger partial charge in [0.15, 0.2) is 17.5 Å². The van der Waals surface area contributed by atoms with Gasteiger partial charge in [-0.15, -0.1) is 0 Å². The third kappa shape index (κ3) is 4.03. The molecule has 26 heavy (non-hydrogen) atoms. The minimum Gasteiger partial charge on any atom is -0.490 e. The third-order valence-corrected chi connectivity index (χ3v) is 4.89. The van der Waals surface area contributed by atoms with Crippen molar-refractivity contribution < 1.29 is 19.0 Å². The van der Waals surface area contributed by atoms with Gasteiger partial charge in [0.1, 0.15) is 0 Å². The van der Waals surface area contributed by atoms with E-state index in [2.05, 4.69) is 22.1 Å². The zero-order valence-electron chi connectivity index (χ0n) is 15.7. The zero-order valence-corrected chi connectivity index (χ0v) is 15.7. The van der Waals surface area contributed by atoms with E-state index in [1.54, 1.807) is 7.05 Å². The van der Waals surface area contributed by atoms with E-state index >= 15 is 0 Å². The minimum atomic E-state index is -0.154. The molecular weight excluding hydrogens is 334 g/mol. The number of esters is 1. The second-order valence-electron chi connectivity index (χ2n) is 6.74. The predicted octanol–water partition coefficient (Wildman–Crippen LogP) is 1.66. The van der Waals surface area contributed by atoms with Gasteiger partial charge >= 0.3 is 5.97 Å². The van der Waals surface area contributed by atoms with Crippen LogP contribution in [0.3, 0.4) is 0 Å². The molecule has 1 N–H and O–H groups in total. The number of benzene rings is 1. The Morgan fingerprint density at radius 2 is 2.08 bits per heavy atom. The molecular formula is C19H27N3O4. The second kappa shape index (κ2) is 8.29. The fourth-order valence-corrected chi connectivity index (χ4v) is 3.43. The molecule has 1 aromatic rings. The van der Waals surface area contributed by atoms with E-state index in [1.807, 2.05) is 18.2 Å². The summed E-state index contributed by atoms with van der Waals surface area (Å²) in [6, 6.07) is 5.98. The van der Waals surface area contributed by atoms with Crippen LogP contribution in [0.1, 0.15) is 18.9 Å². The summed E-state index contributed by atoms with van der Waals surface area (Å²) >= 11 is 0. The van der Waals surface area contributed by atoms with Gasteiger partial charge in [-0.05, 0) is 23.6 Å². The molecule has 2 aliphatic rings. The van der Waals surface area contributed by atoms with Gasteiger partial charge in [-0.2, -0.15) is 0 Å². The van der Waals surface area contributed by atoms with Crippen LogP contribution < -0.4 is 14.8 Å². The first kappa shape index (κ1) is 18.4. The number of carbonyl (C=O) groups excluding carboxylic acids is 1. The van der Waals surface area contributed by atoms with Gasteiger partial charge in [0.2, 0.25) is 0 Å². The molecule has 2 unspecified atom stereocenters. The number of hydrogen-bond donors (Lipinski definition) is 1. The Kier molecular flexibility index (Phi) is 5.85. The maximum atomic E-state index is 11.9. The van der Waals surface area contributed by atoms with Crippen LogP contribution in [0.5, 0.6) is 11.5 Å². The van der Waals surface area contributed by atoms with Gasteiger partial charge in [-0.25, -0.2) is 0 Å². The van der Waals surface area contributed by atoms with Crippen LogP contribution in [-0.2, 0) is 16.1 Å². The van der Waals surface area contributed by atoms with Crippen molar-refractivity contribution in [2.45, 2.75) is 19.9 Å². The number of nitrogens with zero attached hydrogens (tertiary/aromatic N) is 2. The minimum absolute atomic E-state index is 0.114. The normalized spacial score (nSPS) is 22.7. The quantitative estimate of drug-likeness (QED) is 0.502. The van der Waals surface area contributed by atoms with Crippen LogP contribution in [0.15, 0.2) is 23.2 Å². The molecule has 0 aliphatic carbocycles. The summed E-state index contributed by atoms with van der Waals surface area (Å²) < 4.78 is 16.3. The number of hydrogen-bond acceptors (Lipinski definition) is 5. The number of rotatable bonds is 3. The molecule has 0 bridgehead atoms. The summed E-state index contributed by atoms with van der Waals surface area (Å²) in [5.41, 5.74) is 1.09. The number of ether oxygens (including phenoxy) is 3. The second-order valence-corrected chi connectivity index (χ2v) is 6.74. The van der Waals surface area contributed by atoms with E-state index in [1.165, 1.54) is 7.11 Å². The molecule has 142 valence electrons. The largest absolute Gasteiger partial charge is 0.490 e. The molecule has 2 atom stereocenters. The highest BCUT2D eigenvalue weighted by Gasteiger charge is 2.36. The number of likely N-dealkylation sites (tertiary alicyclic amines) is 1. The summed E-state index contributed by atoms with van der Waals surface area (Å²) in [5, 5.41) is 3.38. The lowest BCUT2D eigenvalue weighted by Crippen LogP contribution is -2.40. The lowest BCUT2D eigenvalue weighted by atomic mass is 9.99. The van der Waals surface area contributed by atoms with E-state index in [9.17, 15) is 4.79 Å². The molecule has 0 saturated carbocycles. The first-order valence-electron chi connectivity index (χ1n) is 9.04. The molecule has 1 saturated heterocycles. The van der Waals surface area contributed by atoms with E-state index < -0.39 is 0 Å². The van der Waals surface area contributed by atoms with Gasteiger partial charge < -0.3 is 24.4 Å². The van der Waals surface area contributed by atoms with E-state index in [-0.39, 0.29) is 17.8 Å². The standard InChI is InChI=1S/C19H27N3O4/c1-13-11-22(12-15(13)18(23)24-3)19(20-2)21-10-14-5-6-16-17(9-14)26-8-4-7-25-16/h5-6,9,13,15H,4,7-8,10-12H2,1-3H3,(H,20,21). The maximum absolute atomic E-state index is 11.9. The first-order chi connectivity index (χ1) is 12.6. The number of guanidine groups is 1. The lowest BCUT2D eigenvalue weighted by Gasteiger charge is -2.21. The van der Waals surface area contributed by atoms with Crippen molar-refractivity contribution in [3.05, 3.63) is 23.8 Å². The molecule has 2 heterocycles. The molecule has 0 radical (unpaired) electrons. The van der Waals surface area contributed by atoms with Crippen molar-refractivity contribution in [3.63, 3.8) is 0 Å². The Balaban J connectivity index is 1.61. The molecule has 7 nitrogen and oxygen atoms in total. The van der Waals surface area contributed by atoms with E-state index in [0.717, 1.165) is 36.0 Å². The monoisotopic (exact) mass is 361 g/mol. The molecule has 0 spiro atoms. The van der Waals surface area contributed by atoms with Crippen molar-refractivity contribution >= 4 is 11.9 Å². The molecule has 3 rings (SSSR count). The van der Waals surface area contributed by atoms with Crippen LogP contribution in [0.2, 0.25) is 0 Å². The number of aliphatic imine (C=N–C) groups is 1. The van der Waals surface area contributed by atoms with Crippen LogP contribution in [0.4, 0.5) is 0 Å². The maximum Gasteiger partial charge on any atom is 0.310 e. The lowest BCUT2D eigenvalue weighted by molar-refractivity contribution is -0.145. The predicted molar refractivity (Wildman–Crippen MR) is 98.5 cm³/mol. The Morgan fingerprint density at radius 3 is 2.81 bits per heavy atom. The van der Waals surface area contributed by atoms with Gasteiger partial charge in [-0.1, -0.05) is 13.0 Å². The van der Waals surface area contributed by atoms with Crippen molar-refractivity contribution in [1.82, 2.24) is 10.2 Å². The van der Waals surface area contributed by atoms with Crippen LogP contribution in [-0.4, -0.2) is 57.3 Å². The van der Waals surface area contributed by atoms with Gasteiger partial charge in [0, 0.05) is 33.1 Å². The SMILES string of the molecule is CN=C(NCc1ccc2c(c1)OCCCO2)N1CC(C)C(C(=O)OC)C1. The third-order valence-electron chi connectivity index (χ3n) is 4.89. The summed E-state index contributed by atoms with van der Waals surface area (Å²) in [6.45, 7) is 5.45. The summed E-state index contributed by atoms with van der Waals surface area (Å²) in [6.07, 6.45) is 0.892.